The Bertz CT molecular complexity index is 1310. The number of carbonyl (C=O) groups is 2. The highest BCUT2D eigenvalue weighted by Gasteiger charge is 2.19. The fourth-order valence-corrected chi connectivity index (χ4v) is 4.13. The van der Waals surface area contributed by atoms with Crippen molar-refractivity contribution in [3.8, 4) is 17.1 Å². The van der Waals surface area contributed by atoms with Crippen molar-refractivity contribution < 1.29 is 18.4 Å². The number of likely N-dealkylation sites (N-methyl/N-ethyl adjacent to an activating group) is 1. The van der Waals surface area contributed by atoms with Gasteiger partial charge < -0.3 is 10.2 Å². The zero-order valence-corrected chi connectivity index (χ0v) is 19.5. The largest absolute Gasteiger partial charge is 0.336 e. The predicted molar refractivity (Wildman–Crippen MR) is 130 cm³/mol. The molecule has 0 saturated heterocycles. The van der Waals surface area contributed by atoms with Gasteiger partial charge in [0.25, 0.3) is 0 Å². The second kappa shape index (κ2) is 10.9. The van der Waals surface area contributed by atoms with Crippen molar-refractivity contribution in [1.82, 2.24) is 19.7 Å². The smallest absolute Gasteiger partial charge is 0.243 e. The molecule has 0 bridgehead atoms. The summed E-state index contributed by atoms with van der Waals surface area (Å²) in [5.74, 6) is -0.907. The first-order valence-corrected chi connectivity index (χ1v) is 11.6. The molecule has 35 heavy (non-hydrogen) atoms. The molecule has 3 aromatic carbocycles. The van der Waals surface area contributed by atoms with E-state index in [1.165, 1.54) is 48.3 Å². The Balaban J connectivity index is 1.45. The van der Waals surface area contributed by atoms with E-state index in [4.69, 9.17) is 0 Å². The van der Waals surface area contributed by atoms with E-state index in [0.717, 1.165) is 17.3 Å². The maximum Gasteiger partial charge on any atom is 0.243 e. The number of nitrogens with one attached hydrogen (secondary N) is 1. The number of thioether (sulfide) groups is 1. The molecular weight excluding hydrogens is 472 g/mol. The van der Waals surface area contributed by atoms with Crippen molar-refractivity contribution in [3.05, 3.63) is 90.5 Å². The molecule has 4 aromatic rings. The quantitative estimate of drug-likeness (QED) is 0.368. The van der Waals surface area contributed by atoms with Gasteiger partial charge >= 0.3 is 0 Å². The molecule has 4 rings (SSSR count). The Kier molecular flexibility index (Phi) is 7.51. The second-order valence-corrected chi connectivity index (χ2v) is 8.52. The number of benzene rings is 3. The Morgan fingerprint density at radius 2 is 1.54 bits per heavy atom. The van der Waals surface area contributed by atoms with Crippen LogP contribution in [0.5, 0.6) is 0 Å². The maximum absolute atomic E-state index is 13.5. The molecule has 2 amide bonds. The van der Waals surface area contributed by atoms with E-state index in [9.17, 15) is 18.4 Å². The summed E-state index contributed by atoms with van der Waals surface area (Å²) >= 11 is 1.16. The molecule has 0 spiro atoms. The molecule has 0 unspecified atom stereocenters. The first kappa shape index (κ1) is 24.1. The number of rotatable bonds is 8. The van der Waals surface area contributed by atoms with E-state index in [0.29, 0.717) is 22.4 Å². The number of hydrogen-bond donors (Lipinski definition) is 1. The summed E-state index contributed by atoms with van der Waals surface area (Å²) in [5.41, 5.74) is 1.90. The van der Waals surface area contributed by atoms with Crippen LogP contribution >= 0.6 is 11.8 Å². The van der Waals surface area contributed by atoms with E-state index >= 15 is 0 Å². The summed E-state index contributed by atoms with van der Waals surface area (Å²) in [4.78, 5) is 26.2. The number of carbonyl (C=O) groups excluding carboxylic acids is 2. The summed E-state index contributed by atoms with van der Waals surface area (Å²) in [6, 6.07) is 20.7. The van der Waals surface area contributed by atoms with Crippen molar-refractivity contribution in [2.75, 3.05) is 24.7 Å². The highest BCUT2D eigenvalue weighted by molar-refractivity contribution is 7.99. The number of aromatic nitrogens is 3. The van der Waals surface area contributed by atoms with Crippen LogP contribution in [-0.4, -0.2) is 50.8 Å². The van der Waals surface area contributed by atoms with E-state index < -0.39 is 11.7 Å². The van der Waals surface area contributed by atoms with E-state index in [-0.39, 0.29) is 24.0 Å². The monoisotopic (exact) mass is 493 g/mol. The molecule has 178 valence electrons. The summed E-state index contributed by atoms with van der Waals surface area (Å²) in [6.45, 7) is -0.170. The molecule has 0 saturated carbocycles. The minimum absolute atomic E-state index is 0.00838. The molecular formula is C25H21F2N5O2S. The lowest BCUT2D eigenvalue weighted by molar-refractivity contribution is -0.131. The SMILES string of the molecule is CN(CC(=O)Nc1ccc(F)cc1)C(=O)CSc1nnc(-c2ccccc2)n1-c1ccc(F)cc1. The van der Waals surface area contributed by atoms with Crippen LogP contribution in [0.25, 0.3) is 17.1 Å². The Labute approximate surface area is 204 Å². The van der Waals surface area contributed by atoms with Crippen molar-refractivity contribution in [3.63, 3.8) is 0 Å². The zero-order chi connectivity index (χ0) is 24.8. The van der Waals surface area contributed by atoms with Gasteiger partial charge in [0.05, 0.1) is 12.3 Å². The lowest BCUT2D eigenvalue weighted by Crippen LogP contribution is -2.36. The van der Waals surface area contributed by atoms with Gasteiger partial charge in [-0.25, -0.2) is 8.78 Å². The number of nitrogens with zero attached hydrogens (tertiary/aromatic N) is 4. The Morgan fingerprint density at radius 3 is 2.20 bits per heavy atom. The minimum atomic E-state index is -0.406. The van der Waals surface area contributed by atoms with E-state index in [2.05, 4.69) is 15.5 Å². The van der Waals surface area contributed by atoms with Crippen LogP contribution in [-0.2, 0) is 9.59 Å². The molecule has 0 aliphatic rings. The molecule has 0 radical (unpaired) electrons. The highest BCUT2D eigenvalue weighted by Crippen LogP contribution is 2.28. The van der Waals surface area contributed by atoms with Crippen LogP contribution in [0.1, 0.15) is 0 Å². The topological polar surface area (TPSA) is 80.1 Å². The summed E-state index contributed by atoms with van der Waals surface area (Å²) < 4.78 is 28.3. The second-order valence-electron chi connectivity index (χ2n) is 7.58. The molecule has 0 aliphatic heterocycles. The van der Waals surface area contributed by atoms with Crippen molar-refractivity contribution >= 4 is 29.3 Å². The third-order valence-electron chi connectivity index (χ3n) is 5.01. The molecule has 1 heterocycles. The van der Waals surface area contributed by atoms with Crippen LogP contribution in [0.15, 0.2) is 84.0 Å². The Hall–Kier alpha value is -4.05. The molecule has 0 atom stereocenters. The highest BCUT2D eigenvalue weighted by atomic mass is 32.2. The standard InChI is InChI=1S/C25H21F2N5O2S/c1-31(15-22(33)28-20-11-7-18(26)8-12-20)23(34)16-35-25-30-29-24(17-5-3-2-4-6-17)32(25)21-13-9-19(27)10-14-21/h2-14H,15-16H2,1H3,(H,28,33). The summed E-state index contributed by atoms with van der Waals surface area (Å²) in [5, 5.41) is 11.6. The summed E-state index contributed by atoms with van der Waals surface area (Å²) in [7, 11) is 1.52. The molecule has 1 aromatic heterocycles. The molecule has 0 fully saturated rings. The molecule has 0 aliphatic carbocycles. The number of amides is 2. The van der Waals surface area contributed by atoms with Gasteiger partial charge in [-0.2, -0.15) is 0 Å². The van der Waals surface area contributed by atoms with E-state index in [1.54, 1.807) is 16.7 Å². The molecule has 1 N–H and O–H groups in total. The predicted octanol–water partition coefficient (Wildman–Crippen LogP) is 4.40. The third kappa shape index (κ3) is 6.10. The minimum Gasteiger partial charge on any atom is -0.336 e. The van der Waals surface area contributed by atoms with Crippen LogP contribution < -0.4 is 5.32 Å². The van der Waals surface area contributed by atoms with Crippen molar-refractivity contribution in [1.29, 1.82) is 0 Å². The van der Waals surface area contributed by atoms with Crippen molar-refractivity contribution in [2.45, 2.75) is 5.16 Å². The van der Waals surface area contributed by atoms with Gasteiger partial charge in [-0.05, 0) is 48.5 Å². The average Bonchev–Trinajstić information content (AvgIpc) is 3.29. The maximum atomic E-state index is 13.5. The van der Waals surface area contributed by atoms with Gasteiger partial charge in [-0.3, -0.25) is 14.2 Å². The number of hydrogen-bond acceptors (Lipinski definition) is 5. The fraction of sp³-hybridized carbons (Fsp3) is 0.120. The van der Waals surface area contributed by atoms with Crippen LogP contribution in [0.2, 0.25) is 0 Å². The van der Waals surface area contributed by atoms with E-state index in [1.807, 2.05) is 30.3 Å². The lowest BCUT2D eigenvalue weighted by atomic mass is 10.2. The van der Waals surface area contributed by atoms with Crippen LogP contribution in [0.3, 0.4) is 0 Å². The van der Waals surface area contributed by atoms with Crippen LogP contribution in [0.4, 0.5) is 14.5 Å². The number of halogens is 2. The molecule has 10 heteroatoms. The van der Waals surface area contributed by atoms with Crippen molar-refractivity contribution in [2.24, 2.45) is 0 Å². The summed E-state index contributed by atoms with van der Waals surface area (Å²) in [6.07, 6.45) is 0. The molecule has 7 nitrogen and oxygen atoms in total. The zero-order valence-electron chi connectivity index (χ0n) is 18.7. The third-order valence-corrected chi connectivity index (χ3v) is 5.92. The first-order valence-electron chi connectivity index (χ1n) is 10.6. The lowest BCUT2D eigenvalue weighted by Gasteiger charge is -2.17. The average molecular weight is 494 g/mol. The van der Waals surface area contributed by atoms with Gasteiger partial charge in [-0.1, -0.05) is 42.1 Å². The van der Waals surface area contributed by atoms with Gasteiger partial charge in [0.15, 0.2) is 11.0 Å². The van der Waals surface area contributed by atoms with Gasteiger partial charge in [0, 0.05) is 24.0 Å². The van der Waals surface area contributed by atoms with Gasteiger partial charge in [0.2, 0.25) is 11.8 Å². The van der Waals surface area contributed by atoms with Gasteiger partial charge in [0.1, 0.15) is 11.6 Å². The van der Waals surface area contributed by atoms with Gasteiger partial charge in [-0.15, -0.1) is 10.2 Å². The van der Waals surface area contributed by atoms with Crippen LogP contribution in [0, 0.1) is 11.6 Å². The normalized spacial score (nSPS) is 10.7. The Morgan fingerprint density at radius 1 is 0.914 bits per heavy atom. The first-order chi connectivity index (χ1) is 16.9. The fourth-order valence-electron chi connectivity index (χ4n) is 3.23. The number of anilines is 1.